The highest BCUT2D eigenvalue weighted by Gasteiger charge is 2.29. The first kappa shape index (κ1) is 20.3. The summed E-state index contributed by atoms with van der Waals surface area (Å²) in [7, 11) is 0. The number of rotatable bonds is 11. The van der Waals surface area contributed by atoms with Gasteiger partial charge in [0.05, 0.1) is 13.2 Å². The van der Waals surface area contributed by atoms with E-state index in [4.69, 9.17) is 20.3 Å². The second-order valence-electron chi connectivity index (χ2n) is 6.56. The minimum absolute atomic E-state index is 0.259. The van der Waals surface area contributed by atoms with E-state index in [9.17, 15) is 4.79 Å². The zero-order chi connectivity index (χ0) is 18.2. The van der Waals surface area contributed by atoms with E-state index in [2.05, 4.69) is 6.92 Å². The molecule has 24 heavy (non-hydrogen) atoms. The molecule has 0 radical (unpaired) electrons. The Labute approximate surface area is 145 Å². The summed E-state index contributed by atoms with van der Waals surface area (Å²) in [6, 6.07) is 5.95. The van der Waals surface area contributed by atoms with E-state index in [0.29, 0.717) is 19.6 Å². The van der Waals surface area contributed by atoms with Crippen LogP contribution < -0.4 is 15.2 Å². The van der Waals surface area contributed by atoms with Crippen molar-refractivity contribution in [2.45, 2.75) is 58.9 Å². The number of ether oxygens (including phenoxy) is 2. The lowest BCUT2D eigenvalue weighted by Crippen LogP contribution is -2.46. The summed E-state index contributed by atoms with van der Waals surface area (Å²) in [6.45, 7) is 8.79. The van der Waals surface area contributed by atoms with Crippen LogP contribution in [0.2, 0.25) is 0 Å². The highest BCUT2D eigenvalue weighted by Crippen LogP contribution is 2.28. The van der Waals surface area contributed by atoms with Crippen molar-refractivity contribution in [1.82, 2.24) is 0 Å². The van der Waals surface area contributed by atoms with Gasteiger partial charge in [-0.15, -0.1) is 0 Å². The number of aryl methyl sites for hydroxylation is 1. The highest BCUT2D eigenvalue weighted by molar-refractivity contribution is 5.77. The molecule has 0 saturated carbocycles. The Bertz CT molecular complexity index is 528. The third-order valence-corrected chi connectivity index (χ3v) is 4.05. The molecule has 0 saturated heterocycles. The maximum atomic E-state index is 11.1. The van der Waals surface area contributed by atoms with Gasteiger partial charge < -0.3 is 20.3 Å². The van der Waals surface area contributed by atoms with E-state index in [1.54, 1.807) is 6.92 Å². The molecule has 1 rings (SSSR count). The molecule has 0 amide bonds. The molecular weight excluding hydrogens is 306 g/mol. The molecule has 0 fully saturated rings. The Hall–Kier alpha value is -1.75. The molecule has 0 heterocycles. The second-order valence-corrected chi connectivity index (χ2v) is 6.56. The van der Waals surface area contributed by atoms with Gasteiger partial charge in [0.1, 0.15) is 17.0 Å². The molecule has 5 heteroatoms. The van der Waals surface area contributed by atoms with Gasteiger partial charge >= 0.3 is 5.97 Å². The van der Waals surface area contributed by atoms with Gasteiger partial charge in [0.15, 0.2) is 0 Å². The fourth-order valence-electron chi connectivity index (χ4n) is 2.84. The van der Waals surface area contributed by atoms with Crippen LogP contribution in [0, 0.1) is 5.92 Å². The normalized spacial score (nSPS) is 14.7. The SMILES string of the molecule is CCOc1ccc(CCCC(C)CC(C)(N)C(=O)O)c(OCC)c1. The summed E-state index contributed by atoms with van der Waals surface area (Å²) in [5, 5.41) is 9.11. The molecule has 3 N–H and O–H groups in total. The number of nitrogens with two attached hydrogens (primary N) is 1. The van der Waals surface area contributed by atoms with Crippen molar-refractivity contribution < 1.29 is 19.4 Å². The number of hydrogen-bond acceptors (Lipinski definition) is 4. The lowest BCUT2D eigenvalue weighted by atomic mass is 9.87. The molecule has 2 unspecified atom stereocenters. The third kappa shape index (κ3) is 6.40. The van der Waals surface area contributed by atoms with Crippen molar-refractivity contribution in [1.29, 1.82) is 0 Å². The van der Waals surface area contributed by atoms with Crippen molar-refractivity contribution in [3.8, 4) is 11.5 Å². The van der Waals surface area contributed by atoms with Crippen molar-refractivity contribution in [3.05, 3.63) is 23.8 Å². The van der Waals surface area contributed by atoms with Crippen molar-refractivity contribution in [2.75, 3.05) is 13.2 Å². The summed E-state index contributed by atoms with van der Waals surface area (Å²) in [5.74, 6) is 0.998. The van der Waals surface area contributed by atoms with Gasteiger partial charge in [0, 0.05) is 6.07 Å². The predicted molar refractivity (Wildman–Crippen MR) is 95.7 cm³/mol. The standard InChI is InChI=1S/C19H31NO4/c1-5-23-16-11-10-15(17(12-16)24-6-2)9-7-8-14(3)13-19(4,20)18(21)22/h10-12,14H,5-9,13,20H2,1-4H3,(H,21,22). The molecule has 0 aromatic heterocycles. The van der Waals surface area contributed by atoms with Crippen LogP contribution in [0.1, 0.15) is 52.5 Å². The van der Waals surface area contributed by atoms with Gasteiger partial charge in [-0.1, -0.05) is 19.4 Å². The number of benzene rings is 1. The van der Waals surface area contributed by atoms with Crippen LogP contribution in [0.4, 0.5) is 0 Å². The summed E-state index contributed by atoms with van der Waals surface area (Å²) in [4.78, 5) is 11.1. The maximum absolute atomic E-state index is 11.1. The van der Waals surface area contributed by atoms with Crippen LogP contribution in [0.5, 0.6) is 11.5 Å². The molecule has 136 valence electrons. The fourth-order valence-corrected chi connectivity index (χ4v) is 2.84. The number of carbonyl (C=O) groups is 1. The average Bonchev–Trinajstić information content (AvgIpc) is 2.49. The van der Waals surface area contributed by atoms with Gasteiger partial charge in [-0.3, -0.25) is 4.79 Å². The number of carboxylic acids is 1. The van der Waals surface area contributed by atoms with Gasteiger partial charge in [0.2, 0.25) is 0 Å². The first-order valence-corrected chi connectivity index (χ1v) is 8.71. The quantitative estimate of drug-likeness (QED) is 0.644. The maximum Gasteiger partial charge on any atom is 0.323 e. The summed E-state index contributed by atoms with van der Waals surface area (Å²) in [5.41, 5.74) is 5.81. The topological polar surface area (TPSA) is 81.8 Å². The van der Waals surface area contributed by atoms with Crippen molar-refractivity contribution in [3.63, 3.8) is 0 Å². The smallest absolute Gasteiger partial charge is 0.323 e. The van der Waals surface area contributed by atoms with Gasteiger partial charge in [0.25, 0.3) is 0 Å². The highest BCUT2D eigenvalue weighted by atomic mass is 16.5. The average molecular weight is 337 g/mol. The largest absolute Gasteiger partial charge is 0.494 e. The summed E-state index contributed by atoms with van der Waals surface area (Å²) in [6.07, 6.45) is 3.26. The Morgan fingerprint density at radius 2 is 1.96 bits per heavy atom. The van der Waals surface area contributed by atoms with E-state index in [1.165, 1.54) is 0 Å². The minimum atomic E-state index is -1.16. The molecule has 1 aromatic rings. The summed E-state index contributed by atoms with van der Waals surface area (Å²) < 4.78 is 11.2. The number of carboxylic acid groups (broad SMARTS) is 1. The molecule has 0 bridgehead atoms. The van der Waals surface area contributed by atoms with Crippen LogP contribution in [0.25, 0.3) is 0 Å². The van der Waals surface area contributed by atoms with E-state index < -0.39 is 11.5 Å². The first-order valence-electron chi connectivity index (χ1n) is 8.71. The Kier molecular flexibility index (Phi) is 8.05. The van der Waals surface area contributed by atoms with Crippen LogP contribution in [-0.2, 0) is 11.2 Å². The molecule has 2 atom stereocenters. The molecular formula is C19H31NO4. The zero-order valence-corrected chi connectivity index (χ0v) is 15.3. The Balaban J connectivity index is 2.59. The van der Waals surface area contributed by atoms with Crippen molar-refractivity contribution >= 4 is 5.97 Å². The third-order valence-electron chi connectivity index (χ3n) is 4.05. The second kappa shape index (κ2) is 9.52. The van der Waals surface area contributed by atoms with E-state index in [1.807, 2.05) is 32.0 Å². The van der Waals surface area contributed by atoms with Gasteiger partial charge in [-0.2, -0.15) is 0 Å². The van der Waals surface area contributed by atoms with Crippen LogP contribution >= 0.6 is 0 Å². The number of aliphatic carboxylic acids is 1. The minimum Gasteiger partial charge on any atom is -0.494 e. The molecule has 0 spiro atoms. The lowest BCUT2D eigenvalue weighted by molar-refractivity contribution is -0.143. The number of hydrogen-bond donors (Lipinski definition) is 2. The summed E-state index contributed by atoms with van der Waals surface area (Å²) >= 11 is 0. The van der Waals surface area contributed by atoms with Crippen LogP contribution in [0.15, 0.2) is 18.2 Å². The van der Waals surface area contributed by atoms with Crippen molar-refractivity contribution in [2.24, 2.45) is 11.7 Å². The molecule has 1 aromatic carbocycles. The first-order chi connectivity index (χ1) is 11.3. The molecule has 0 aliphatic carbocycles. The fraction of sp³-hybridized carbons (Fsp3) is 0.632. The zero-order valence-electron chi connectivity index (χ0n) is 15.3. The predicted octanol–water partition coefficient (Wildman–Crippen LogP) is 3.63. The van der Waals surface area contributed by atoms with E-state index in [-0.39, 0.29) is 5.92 Å². The lowest BCUT2D eigenvalue weighted by Gasteiger charge is -2.23. The molecule has 0 aliphatic rings. The van der Waals surface area contributed by atoms with Gasteiger partial charge in [-0.25, -0.2) is 0 Å². The Morgan fingerprint density at radius 3 is 2.54 bits per heavy atom. The monoisotopic (exact) mass is 337 g/mol. The van der Waals surface area contributed by atoms with E-state index >= 15 is 0 Å². The Morgan fingerprint density at radius 1 is 1.29 bits per heavy atom. The molecule has 0 aliphatic heterocycles. The van der Waals surface area contributed by atoms with Crippen LogP contribution in [-0.4, -0.2) is 29.8 Å². The molecule has 5 nitrogen and oxygen atoms in total. The van der Waals surface area contributed by atoms with Gasteiger partial charge in [-0.05, 0) is 57.6 Å². The van der Waals surface area contributed by atoms with Crippen LogP contribution in [0.3, 0.4) is 0 Å². The van der Waals surface area contributed by atoms with E-state index in [0.717, 1.165) is 36.3 Å².